The van der Waals surface area contributed by atoms with Crippen molar-refractivity contribution in [3.05, 3.63) is 33.3 Å². The van der Waals surface area contributed by atoms with E-state index >= 15 is 0 Å². The molecule has 1 fully saturated rings. The largest absolute Gasteiger partial charge is 0.335 e. The molecule has 0 spiro atoms. The Morgan fingerprint density at radius 1 is 1.32 bits per heavy atom. The second-order valence-corrected chi connectivity index (χ2v) is 7.16. The maximum absolute atomic E-state index is 12.9. The number of fused-ring (bicyclic) bond motifs is 1. The fraction of sp³-hybridized carbons (Fsp3) is 0.588. The van der Waals surface area contributed by atoms with Crippen LogP contribution < -0.4 is 5.32 Å². The van der Waals surface area contributed by atoms with Crippen molar-refractivity contribution in [3.8, 4) is 0 Å². The first kappa shape index (κ1) is 16.1. The summed E-state index contributed by atoms with van der Waals surface area (Å²) in [4.78, 5) is 14.9. The normalized spacial score (nSPS) is 25.5. The van der Waals surface area contributed by atoms with Crippen LogP contribution in [0.25, 0.3) is 0 Å². The highest BCUT2D eigenvalue weighted by Gasteiger charge is 2.33. The average molecular weight is 341 g/mol. The first-order valence-electron chi connectivity index (χ1n) is 8.07. The SMILES string of the molecule is C[C@H]1c2c(Cl)cc(Cl)cc2CCN1C(=O)C1CCCCNC1. The van der Waals surface area contributed by atoms with Crippen LogP contribution in [-0.4, -0.2) is 30.4 Å². The lowest BCUT2D eigenvalue weighted by Gasteiger charge is -2.38. The molecule has 0 bridgehead atoms. The Hall–Kier alpha value is -0.770. The monoisotopic (exact) mass is 340 g/mol. The second kappa shape index (κ2) is 6.77. The zero-order chi connectivity index (χ0) is 15.7. The maximum atomic E-state index is 12.9. The number of benzene rings is 1. The van der Waals surface area contributed by atoms with Crippen molar-refractivity contribution in [1.82, 2.24) is 10.2 Å². The minimum Gasteiger partial charge on any atom is -0.335 e. The van der Waals surface area contributed by atoms with Crippen LogP contribution in [0, 0.1) is 5.92 Å². The number of nitrogens with one attached hydrogen (secondary N) is 1. The van der Waals surface area contributed by atoms with E-state index in [1.807, 2.05) is 11.0 Å². The van der Waals surface area contributed by atoms with Crippen LogP contribution in [0.3, 0.4) is 0 Å². The van der Waals surface area contributed by atoms with Gasteiger partial charge in [-0.05, 0) is 56.0 Å². The van der Waals surface area contributed by atoms with E-state index in [1.165, 1.54) is 5.56 Å². The fourth-order valence-electron chi connectivity index (χ4n) is 3.67. The molecule has 1 aromatic carbocycles. The summed E-state index contributed by atoms with van der Waals surface area (Å²) in [6.07, 6.45) is 4.09. The molecule has 5 heteroatoms. The molecule has 120 valence electrons. The fourth-order valence-corrected chi connectivity index (χ4v) is 4.36. The molecule has 1 saturated heterocycles. The molecule has 2 aliphatic heterocycles. The maximum Gasteiger partial charge on any atom is 0.227 e. The Morgan fingerprint density at radius 2 is 2.14 bits per heavy atom. The summed E-state index contributed by atoms with van der Waals surface area (Å²) in [6.45, 7) is 4.63. The summed E-state index contributed by atoms with van der Waals surface area (Å²) < 4.78 is 0. The second-order valence-electron chi connectivity index (χ2n) is 6.31. The molecule has 2 heterocycles. The third kappa shape index (κ3) is 3.12. The Labute approximate surface area is 142 Å². The van der Waals surface area contributed by atoms with E-state index in [0.29, 0.717) is 10.0 Å². The van der Waals surface area contributed by atoms with Crippen LogP contribution in [0.4, 0.5) is 0 Å². The lowest BCUT2D eigenvalue weighted by atomic mass is 9.91. The van der Waals surface area contributed by atoms with E-state index in [-0.39, 0.29) is 17.9 Å². The molecule has 1 unspecified atom stereocenters. The first-order valence-corrected chi connectivity index (χ1v) is 8.82. The van der Waals surface area contributed by atoms with Crippen LogP contribution in [0.5, 0.6) is 0 Å². The molecule has 0 radical (unpaired) electrons. The third-order valence-corrected chi connectivity index (χ3v) is 5.40. The first-order chi connectivity index (χ1) is 10.6. The van der Waals surface area contributed by atoms with Gasteiger partial charge in [-0.25, -0.2) is 0 Å². The highest BCUT2D eigenvalue weighted by Crippen LogP contribution is 2.37. The summed E-state index contributed by atoms with van der Waals surface area (Å²) in [5, 5.41) is 4.72. The summed E-state index contributed by atoms with van der Waals surface area (Å²) in [5.74, 6) is 0.358. The molecule has 2 aliphatic rings. The molecule has 3 nitrogen and oxygen atoms in total. The van der Waals surface area contributed by atoms with Gasteiger partial charge >= 0.3 is 0 Å². The standard InChI is InChI=1S/C17H22Cl2N2O/c1-11-16-12(8-14(18)9-15(16)19)5-7-21(11)17(22)13-4-2-3-6-20-10-13/h8-9,11,13,20H,2-7,10H2,1H3/t11-,13?/m0/s1. The van der Waals surface area contributed by atoms with Crippen molar-refractivity contribution < 1.29 is 4.79 Å². The Bertz CT molecular complexity index is 568. The van der Waals surface area contributed by atoms with Gasteiger partial charge in [-0.15, -0.1) is 0 Å². The van der Waals surface area contributed by atoms with E-state index in [4.69, 9.17) is 23.2 Å². The van der Waals surface area contributed by atoms with Crippen molar-refractivity contribution in [2.75, 3.05) is 19.6 Å². The predicted octanol–water partition coefficient (Wildman–Crippen LogP) is 3.83. The van der Waals surface area contributed by atoms with Crippen LogP contribution in [0.15, 0.2) is 12.1 Å². The molecule has 2 atom stereocenters. The van der Waals surface area contributed by atoms with Gasteiger partial charge in [0.05, 0.1) is 12.0 Å². The number of carbonyl (C=O) groups excluding carboxylic acids is 1. The summed E-state index contributed by atoms with van der Waals surface area (Å²) in [6, 6.07) is 3.78. The molecule has 0 aliphatic carbocycles. The highest BCUT2D eigenvalue weighted by atomic mass is 35.5. The van der Waals surface area contributed by atoms with E-state index < -0.39 is 0 Å². The van der Waals surface area contributed by atoms with Crippen LogP contribution >= 0.6 is 23.2 Å². The lowest BCUT2D eigenvalue weighted by molar-refractivity contribution is -0.138. The number of amides is 1. The van der Waals surface area contributed by atoms with Gasteiger partial charge in [-0.2, -0.15) is 0 Å². The van der Waals surface area contributed by atoms with E-state index in [9.17, 15) is 4.79 Å². The van der Waals surface area contributed by atoms with Gasteiger partial charge in [0.15, 0.2) is 0 Å². The summed E-state index contributed by atoms with van der Waals surface area (Å²) in [5.41, 5.74) is 2.24. The van der Waals surface area contributed by atoms with Gasteiger partial charge < -0.3 is 10.2 Å². The zero-order valence-electron chi connectivity index (χ0n) is 12.9. The quantitative estimate of drug-likeness (QED) is 0.842. The molecule has 1 N–H and O–H groups in total. The third-order valence-electron chi connectivity index (χ3n) is 4.87. The number of halogens is 2. The van der Waals surface area contributed by atoms with Crippen molar-refractivity contribution in [2.45, 2.75) is 38.6 Å². The van der Waals surface area contributed by atoms with Crippen molar-refractivity contribution in [3.63, 3.8) is 0 Å². The number of carbonyl (C=O) groups is 1. The van der Waals surface area contributed by atoms with Crippen molar-refractivity contribution >= 4 is 29.1 Å². The Balaban J connectivity index is 1.82. The van der Waals surface area contributed by atoms with Crippen LogP contribution in [-0.2, 0) is 11.2 Å². The molecule has 3 rings (SSSR count). The van der Waals surface area contributed by atoms with Gasteiger partial charge in [-0.3, -0.25) is 4.79 Å². The number of rotatable bonds is 1. The lowest BCUT2D eigenvalue weighted by Crippen LogP contribution is -2.44. The van der Waals surface area contributed by atoms with E-state index in [2.05, 4.69) is 12.2 Å². The summed E-state index contributed by atoms with van der Waals surface area (Å²) >= 11 is 12.5. The Kier molecular flexibility index (Phi) is 4.96. The van der Waals surface area contributed by atoms with Crippen LogP contribution in [0.1, 0.15) is 43.4 Å². The molecule has 22 heavy (non-hydrogen) atoms. The molecule has 0 aromatic heterocycles. The van der Waals surface area contributed by atoms with Crippen molar-refractivity contribution in [2.24, 2.45) is 5.92 Å². The minimum atomic E-state index is 0.0178. The zero-order valence-corrected chi connectivity index (χ0v) is 14.4. The van der Waals surface area contributed by atoms with E-state index in [0.717, 1.165) is 50.9 Å². The smallest absolute Gasteiger partial charge is 0.227 e. The molecular formula is C17H22Cl2N2O. The Morgan fingerprint density at radius 3 is 2.95 bits per heavy atom. The number of hydrogen-bond acceptors (Lipinski definition) is 2. The van der Waals surface area contributed by atoms with Gasteiger partial charge in [0.1, 0.15) is 0 Å². The molecular weight excluding hydrogens is 319 g/mol. The number of hydrogen-bond donors (Lipinski definition) is 1. The topological polar surface area (TPSA) is 32.3 Å². The predicted molar refractivity (Wildman–Crippen MR) is 90.5 cm³/mol. The molecule has 1 amide bonds. The minimum absolute atomic E-state index is 0.0178. The van der Waals surface area contributed by atoms with Gasteiger partial charge in [0.2, 0.25) is 5.91 Å². The van der Waals surface area contributed by atoms with Gasteiger partial charge in [0, 0.05) is 23.1 Å². The van der Waals surface area contributed by atoms with Crippen molar-refractivity contribution in [1.29, 1.82) is 0 Å². The molecule has 1 aromatic rings. The molecule has 0 saturated carbocycles. The van der Waals surface area contributed by atoms with Gasteiger partial charge in [-0.1, -0.05) is 29.6 Å². The van der Waals surface area contributed by atoms with Crippen LogP contribution in [0.2, 0.25) is 10.0 Å². The number of nitrogens with zero attached hydrogens (tertiary/aromatic N) is 1. The van der Waals surface area contributed by atoms with Gasteiger partial charge in [0.25, 0.3) is 0 Å². The summed E-state index contributed by atoms with van der Waals surface area (Å²) in [7, 11) is 0. The average Bonchev–Trinajstić information content (AvgIpc) is 2.75. The highest BCUT2D eigenvalue weighted by molar-refractivity contribution is 6.35. The van der Waals surface area contributed by atoms with E-state index in [1.54, 1.807) is 6.07 Å².